The summed E-state index contributed by atoms with van der Waals surface area (Å²) < 4.78 is 21.4. The van der Waals surface area contributed by atoms with Gasteiger partial charge in [0, 0.05) is 10.3 Å². The second kappa shape index (κ2) is 2.22. The van der Waals surface area contributed by atoms with Gasteiger partial charge in [0.2, 0.25) is 0 Å². The van der Waals surface area contributed by atoms with Gasteiger partial charge < -0.3 is 0 Å². The first-order valence-corrected chi connectivity index (χ1v) is 2.77. The van der Waals surface area contributed by atoms with Gasteiger partial charge in [0.1, 0.15) is 4.60 Å². The second-order valence-electron chi connectivity index (χ2n) is 1.22. The van der Waals surface area contributed by atoms with Crippen LogP contribution in [-0.4, -0.2) is 9.97 Å². The number of aromatic nitrogens is 2. The first kappa shape index (κ1) is 2.92. The minimum atomic E-state index is -2.16. The van der Waals surface area contributed by atoms with Crippen LogP contribution < -0.4 is 0 Å². The molecule has 0 fully saturated rings. The van der Waals surface area contributed by atoms with Crippen molar-refractivity contribution >= 4 is 15.9 Å². The predicted octanol–water partition coefficient (Wildman–Crippen LogP) is 1.55. The Labute approximate surface area is 60.3 Å². The molecule has 42 valence electrons. The highest BCUT2D eigenvalue weighted by atomic mass is 79.9. The third kappa shape index (κ3) is 1.26. The van der Waals surface area contributed by atoms with Gasteiger partial charge in [0.05, 0.1) is 11.9 Å². The van der Waals surface area contributed by atoms with Crippen molar-refractivity contribution in [3.05, 3.63) is 22.7 Å². The van der Waals surface area contributed by atoms with E-state index in [1.165, 1.54) is 12.4 Å². The molecular weight excluding hydrogens is 169 g/mol. The van der Waals surface area contributed by atoms with E-state index in [9.17, 15) is 0 Å². The molecule has 0 N–H and O–H groups in total. The highest BCUT2D eigenvalue weighted by Gasteiger charge is 1.84. The average Bonchev–Trinajstić information content (AvgIpc) is 1.86. The highest BCUT2D eigenvalue weighted by molar-refractivity contribution is 9.10. The molecule has 0 aromatic carbocycles. The van der Waals surface area contributed by atoms with Crippen molar-refractivity contribution in [1.29, 1.82) is 0 Å². The van der Waals surface area contributed by atoms with E-state index in [0.29, 0.717) is 4.60 Å². The normalized spacial score (nSPS) is 16.4. The second-order valence-corrected chi connectivity index (χ2v) is 2.04. The fourth-order valence-electron chi connectivity index (χ4n) is 0.312. The number of nitrogens with zero attached hydrogens (tertiary/aromatic N) is 2. The topological polar surface area (TPSA) is 25.8 Å². The van der Waals surface area contributed by atoms with Crippen molar-refractivity contribution in [3.63, 3.8) is 0 Å². The molecule has 0 aliphatic carbocycles. The molecule has 3 heteroatoms. The SMILES string of the molecule is [2H][13C]([2H])([2H])c1cnc(Br)cn1. The summed E-state index contributed by atoms with van der Waals surface area (Å²) in [5.74, 6) is 0. The van der Waals surface area contributed by atoms with Gasteiger partial charge in [-0.1, -0.05) is 0 Å². The number of hydrogen-bond donors (Lipinski definition) is 0. The van der Waals surface area contributed by atoms with E-state index in [4.69, 9.17) is 4.11 Å². The summed E-state index contributed by atoms with van der Waals surface area (Å²) in [5, 5.41) is 0. The highest BCUT2D eigenvalue weighted by Crippen LogP contribution is 2.00. The molecule has 2 nitrogen and oxygen atoms in total. The van der Waals surface area contributed by atoms with Gasteiger partial charge in [-0.2, -0.15) is 0 Å². The van der Waals surface area contributed by atoms with Crippen molar-refractivity contribution in [1.82, 2.24) is 9.97 Å². The molecule has 0 radical (unpaired) electrons. The van der Waals surface area contributed by atoms with Gasteiger partial charge in [-0.15, -0.1) is 0 Å². The van der Waals surface area contributed by atoms with Gasteiger partial charge in [0.25, 0.3) is 0 Å². The van der Waals surface area contributed by atoms with E-state index >= 15 is 0 Å². The summed E-state index contributed by atoms with van der Waals surface area (Å²) in [5.41, 5.74) is 0.0145. The van der Waals surface area contributed by atoms with Crippen LogP contribution in [0.2, 0.25) is 0 Å². The van der Waals surface area contributed by atoms with Crippen LogP contribution in [0.25, 0.3) is 0 Å². The van der Waals surface area contributed by atoms with Crippen molar-refractivity contribution in [2.45, 2.75) is 6.85 Å². The van der Waals surface area contributed by atoms with Crippen LogP contribution in [0.5, 0.6) is 0 Å². The molecule has 1 rings (SSSR count). The van der Waals surface area contributed by atoms with Gasteiger partial charge in [-0.05, 0) is 22.8 Å². The van der Waals surface area contributed by atoms with Crippen LogP contribution >= 0.6 is 15.9 Å². The minimum Gasteiger partial charge on any atom is -0.257 e. The number of halogens is 1. The van der Waals surface area contributed by atoms with Crippen LogP contribution in [0, 0.1) is 6.85 Å². The number of rotatable bonds is 0. The lowest BCUT2D eigenvalue weighted by Gasteiger charge is -1.87. The molecule has 8 heavy (non-hydrogen) atoms. The molecule has 1 aromatic heterocycles. The third-order valence-corrected chi connectivity index (χ3v) is 1.03. The molecule has 0 atom stereocenters. The molecule has 0 saturated carbocycles. The Kier molecular flexibility index (Phi) is 0.809. The smallest absolute Gasteiger partial charge is 0.124 e. The zero-order valence-electron chi connectivity index (χ0n) is 6.93. The monoisotopic (exact) mass is 176 g/mol. The lowest BCUT2D eigenvalue weighted by Crippen LogP contribution is -1.81. The minimum absolute atomic E-state index is 0.0145. The van der Waals surface area contributed by atoms with Crippen LogP contribution in [0.1, 0.15) is 9.81 Å². The summed E-state index contributed by atoms with van der Waals surface area (Å²) in [6.45, 7) is -2.16. The van der Waals surface area contributed by atoms with Crippen LogP contribution in [-0.2, 0) is 0 Å². The van der Waals surface area contributed by atoms with Gasteiger partial charge in [-0.3, -0.25) is 4.98 Å². The van der Waals surface area contributed by atoms with Gasteiger partial charge >= 0.3 is 0 Å². The Bertz CT molecular complexity index is 243. The zero-order valence-corrected chi connectivity index (χ0v) is 5.51. The Hall–Kier alpha value is -0.440. The Morgan fingerprint density at radius 1 is 1.62 bits per heavy atom. The van der Waals surface area contributed by atoms with E-state index in [-0.39, 0.29) is 5.69 Å². The molecular formula is C5H5BrN2. The van der Waals surface area contributed by atoms with E-state index in [1.54, 1.807) is 0 Å². The van der Waals surface area contributed by atoms with E-state index in [1.807, 2.05) is 0 Å². The molecule has 0 spiro atoms. The molecule has 0 amide bonds. The van der Waals surface area contributed by atoms with Crippen molar-refractivity contribution in [3.8, 4) is 0 Å². The van der Waals surface area contributed by atoms with Gasteiger partial charge in [0.15, 0.2) is 0 Å². The molecule has 0 saturated heterocycles. The predicted molar refractivity (Wildman–Crippen MR) is 34.5 cm³/mol. The fraction of sp³-hybridized carbons (Fsp3) is 0.200. The van der Waals surface area contributed by atoms with Crippen LogP contribution in [0.4, 0.5) is 0 Å². The fourth-order valence-corrected chi connectivity index (χ4v) is 0.517. The van der Waals surface area contributed by atoms with Crippen molar-refractivity contribution in [2.24, 2.45) is 0 Å². The van der Waals surface area contributed by atoms with Crippen molar-refractivity contribution in [2.75, 3.05) is 0 Å². The molecule has 0 unspecified atom stereocenters. The third-order valence-electron chi connectivity index (χ3n) is 0.620. The van der Waals surface area contributed by atoms with Gasteiger partial charge in [-0.25, -0.2) is 4.98 Å². The Morgan fingerprint density at radius 3 is 3.00 bits per heavy atom. The summed E-state index contributed by atoms with van der Waals surface area (Å²) in [6, 6.07) is 0. The summed E-state index contributed by atoms with van der Waals surface area (Å²) >= 11 is 3.05. The number of aryl methyl sites for hydroxylation is 1. The largest absolute Gasteiger partial charge is 0.257 e. The molecule has 0 aliphatic heterocycles. The summed E-state index contributed by atoms with van der Waals surface area (Å²) in [6.07, 6.45) is 2.60. The standard InChI is InChI=1S/C5H5BrN2/c1-4-2-8-5(6)3-7-4/h2-3H,1H3/i1+1D3. The zero-order chi connectivity index (χ0) is 8.48. The van der Waals surface area contributed by atoms with E-state index in [2.05, 4.69) is 25.9 Å². The quantitative estimate of drug-likeness (QED) is 0.561. The maximum Gasteiger partial charge on any atom is 0.124 e. The number of hydrogen-bond acceptors (Lipinski definition) is 2. The van der Waals surface area contributed by atoms with Crippen LogP contribution in [0.3, 0.4) is 0 Å². The molecule has 0 bridgehead atoms. The average molecular weight is 177 g/mol. The summed E-state index contributed by atoms with van der Waals surface area (Å²) in [4.78, 5) is 7.42. The maximum absolute atomic E-state index is 6.96. The van der Waals surface area contributed by atoms with E-state index < -0.39 is 6.85 Å². The Balaban J connectivity index is 2.99. The first-order chi connectivity index (χ1) is 5.00. The Morgan fingerprint density at radius 2 is 2.50 bits per heavy atom. The van der Waals surface area contributed by atoms with Crippen molar-refractivity contribution < 1.29 is 4.11 Å². The molecule has 0 aliphatic rings. The molecule has 1 heterocycles. The van der Waals surface area contributed by atoms with E-state index in [0.717, 1.165) is 0 Å². The first-order valence-electron chi connectivity index (χ1n) is 3.48. The lowest BCUT2D eigenvalue weighted by molar-refractivity contribution is 1.09. The maximum atomic E-state index is 6.96. The summed E-state index contributed by atoms with van der Waals surface area (Å²) in [7, 11) is 0. The lowest BCUT2D eigenvalue weighted by atomic mass is 10.6. The van der Waals surface area contributed by atoms with Crippen LogP contribution in [0.15, 0.2) is 17.0 Å². The molecule has 1 aromatic rings.